The van der Waals surface area contributed by atoms with Crippen LogP contribution < -0.4 is 14.8 Å². The molecule has 1 N–H and O–H groups in total. The molecule has 2 aliphatic heterocycles. The third-order valence-corrected chi connectivity index (χ3v) is 4.86. The molecule has 2 aromatic carbocycles. The smallest absolute Gasteiger partial charge is 0.131 e. The highest BCUT2D eigenvalue weighted by Gasteiger charge is 2.32. The van der Waals surface area contributed by atoms with Gasteiger partial charge in [0.15, 0.2) is 0 Å². The van der Waals surface area contributed by atoms with Gasteiger partial charge in [-0.3, -0.25) is 0 Å². The fourth-order valence-electron chi connectivity index (χ4n) is 4.08. The molecule has 0 spiro atoms. The van der Waals surface area contributed by atoms with Crippen LogP contribution in [-0.2, 0) is 0 Å². The maximum Gasteiger partial charge on any atom is 0.131 e. The van der Waals surface area contributed by atoms with E-state index in [2.05, 4.69) is 51.2 Å². The van der Waals surface area contributed by atoms with Crippen LogP contribution in [0.4, 0.5) is 5.69 Å². The topological polar surface area (TPSA) is 30.5 Å². The van der Waals surface area contributed by atoms with E-state index in [4.69, 9.17) is 9.47 Å². The van der Waals surface area contributed by atoms with Crippen molar-refractivity contribution in [1.82, 2.24) is 0 Å². The number of allylic oxidation sites excluding steroid dienone is 1. The van der Waals surface area contributed by atoms with Gasteiger partial charge in [-0.05, 0) is 57.0 Å². The fourth-order valence-corrected chi connectivity index (χ4v) is 4.08. The van der Waals surface area contributed by atoms with Gasteiger partial charge in [0.2, 0.25) is 0 Å². The van der Waals surface area contributed by atoms with Gasteiger partial charge in [-0.25, -0.2) is 0 Å². The van der Waals surface area contributed by atoms with Gasteiger partial charge in [-0.1, -0.05) is 18.2 Å². The number of benzene rings is 2. The third-order valence-electron chi connectivity index (χ3n) is 4.86. The van der Waals surface area contributed by atoms with E-state index in [0.29, 0.717) is 0 Å². The van der Waals surface area contributed by atoms with Crippen LogP contribution in [0.15, 0.2) is 36.4 Å². The lowest BCUT2D eigenvalue weighted by molar-refractivity contribution is 0.222. The van der Waals surface area contributed by atoms with Crippen molar-refractivity contribution >= 4 is 11.3 Å². The third kappa shape index (κ3) is 2.11. The van der Waals surface area contributed by atoms with E-state index < -0.39 is 0 Å². The summed E-state index contributed by atoms with van der Waals surface area (Å²) in [5, 5.41) is 3.63. The van der Waals surface area contributed by atoms with Crippen LogP contribution in [-0.4, -0.2) is 12.6 Å². The minimum Gasteiger partial charge on any atom is -0.496 e. The Balaban J connectivity index is 2.02. The minimum absolute atomic E-state index is 0.000850. The fraction of sp³-hybridized carbons (Fsp3) is 0.333. The lowest BCUT2D eigenvalue weighted by atomic mass is 9.82. The van der Waals surface area contributed by atoms with Gasteiger partial charge in [-0.2, -0.15) is 0 Å². The Hall–Kier alpha value is -2.42. The van der Waals surface area contributed by atoms with Gasteiger partial charge >= 0.3 is 0 Å². The van der Waals surface area contributed by atoms with E-state index >= 15 is 0 Å². The zero-order chi connectivity index (χ0) is 17.1. The molecular formula is C21H23NO2. The minimum atomic E-state index is -0.0420. The number of methoxy groups -OCH3 is 1. The van der Waals surface area contributed by atoms with Gasteiger partial charge in [0.05, 0.1) is 18.2 Å². The molecule has 4 rings (SSSR count). The van der Waals surface area contributed by atoms with Crippen LogP contribution in [0, 0.1) is 0 Å². The van der Waals surface area contributed by atoms with Crippen molar-refractivity contribution < 1.29 is 9.47 Å². The average molecular weight is 321 g/mol. The molecule has 0 radical (unpaired) electrons. The number of nitrogens with one attached hydrogen (secondary N) is 1. The predicted octanol–water partition coefficient (Wildman–Crippen LogP) is 5.42. The van der Waals surface area contributed by atoms with Gasteiger partial charge < -0.3 is 14.8 Å². The summed E-state index contributed by atoms with van der Waals surface area (Å²) in [6.45, 7) is 8.69. The van der Waals surface area contributed by atoms with Gasteiger partial charge in [0.1, 0.15) is 17.6 Å². The van der Waals surface area contributed by atoms with Crippen LogP contribution in [0.25, 0.3) is 16.7 Å². The Bertz CT molecular complexity index is 864. The number of anilines is 1. The highest BCUT2D eigenvalue weighted by molar-refractivity contribution is 5.91. The van der Waals surface area contributed by atoms with Crippen molar-refractivity contribution in [3.05, 3.63) is 47.5 Å². The lowest BCUT2D eigenvalue weighted by Gasteiger charge is -2.36. The lowest BCUT2D eigenvalue weighted by Crippen LogP contribution is -2.32. The van der Waals surface area contributed by atoms with E-state index in [1.54, 1.807) is 7.11 Å². The highest BCUT2D eigenvalue weighted by atomic mass is 16.5. The maximum atomic E-state index is 6.23. The zero-order valence-corrected chi connectivity index (χ0v) is 14.9. The zero-order valence-electron chi connectivity index (χ0n) is 14.9. The highest BCUT2D eigenvalue weighted by Crippen LogP contribution is 2.51. The molecule has 2 heterocycles. The van der Waals surface area contributed by atoms with Crippen molar-refractivity contribution in [3.8, 4) is 22.6 Å². The van der Waals surface area contributed by atoms with Gasteiger partial charge in [0, 0.05) is 16.8 Å². The number of hydrogen-bond acceptors (Lipinski definition) is 3. The second-order valence-corrected chi connectivity index (χ2v) is 7.22. The molecule has 3 heteroatoms. The average Bonchev–Trinajstić information content (AvgIpc) is 2.52. The first-order valence-electron chi connectivity index (χ1n) is 8.40. The maximum absolute atomic E-state index is 6.23. The Kier molecular flexibility index (Phi) is 3.17. The van der Waals surface area contributed by atoms with Crippen LogP contribution in [0.1, 0.15) is 44.9 Å². The summed E-state index contributed by atoms with van der Waals surface area (Å²) in [4.78, 5) is 0. The first-order chi connectivity index (χ1) is 11.4. The predicted molar refractivity (Wildman–Crippen MR) is 98.8 cm³/mol. The van der Waals surface area contributed by atoms with Crippen molar-refractivity contribution in [3.63, 3.8) is 0 Å². The van der Waals surface area contributed by atoms with E-state index in [0.717, 1.165) is 17.1 Å². The SMILES string of the molecule is COc1cccc2c1-c1ccc3c(c1C(C)O2)C(C)=CC(C)(C)N3. The normalized spacial score (nSPS) is 19.9. The van der Waals surface area contributed by atoms with Gasteiger partial charge in [0.25, 0.3) is 0 Å². The van der Waals surface area contributed by atoms with Crippen LogP contribution in [0.5, 0.6) is 11.5 Å². The molecule has 0 saturated heterocycles. The quantitative estimate of drug-likeness (QED) is 0.760. The molecule has 3 nitrogen and oxygen atoms in total. The summed E-state index contributed by atoms with van der Waals surface area (Å²) in [5.41, 5.74) is 7.17. The molecule has 2 aromatic rings. The van der Waals surface area contributed by atoms with E-state index in [1.807, 2.05) is 18.2 Å². The van der Waals surface area contributed by atoms with Crippen LogP contribution in [0.2, 0.25) is 0 Å². The molecule has 1 unspecified atom stereocenters. The number of ether oxygens (including phenoxy) is 2. The summed E-state index contributed by atoms with van der Waals surface area (Å²) in [7, 11) is 1.71. The van der Waals surface area contributed by atoms with Gasteiger partial charge in [-0.15, -0.1) is 0 Å². The molecule has 0 saturated carbocycles. The molecule has 0 fully saturated rings. The summed E-state index contributed by atoms with van der Waals surface area (Å²) >= 11 is 0. The second-order valence-electron chi connectivity index (χ2n) is 7.22. The monoisotopic (exact) mass is 321 g/mol. The van der Waals surface area contributed by atoms with E-state index in [9.17, 15) is 0 Å². The van der Waals surface area contributed by atoms with Crippen molar-refractivity contribution in [1.29, 1.82) is 0 Å². The number of hydrogen-bond donors (Lipinski definition) is 1. The summed E-state index contributed by atoms with van der Waals surface area (Å²) < 4.78 is 11.8. The molecule has 24 heavy (non-hydrogen) atoms. The molecule has 1 atom stereocenters. The van der Waals surface area contributed by atoms with Crippen molar-refractivity contribution in [2.45, 2.75) is 39.3 Å². The second kappa shape index (κ2) is 5.04. The summed E-state index contributed by atoms with van der Waals surface area (Å²) in [5.74, 6) is 1.74. The summed E-state index contributed by atoms with van der Waals surface area (Å²) in [6.07, 6.45) is 2.29. The summed E-state index contributed by atoms with van der Waals surface area (Å²) in [6, 6.07) is 10.4. The molecule has 0 aliphatic carbocycles. The Morgan fingerprint density at radius 1 is 1.12 bits per heavy atom. The molecule has 0 aromatic heterocycles. The van der Waals surface area contributed by atoms with Crippen LogP contribution >= 0.6 is 0 Å². The molecule has 124 valence electrons. The first kappa shape index (κ1) is 15.1. The Labute approximate surface area is 143 Å². The number of fused-ring (bicyclic) bond motifs is 5. The molecular weight excluding hydrogens is 298 g/mol. The van der Waals surface area contributed by atoms with E-state index in [-0.39, 0.29) is 11.6 Å². The molecule has 2 aliphatic rings. The standard InChI is InChI=1S/C21H23NO2/c1-12-11-21(3,4)22-15-10-9-14-19(18(12)15)13(2)24-17-8-6-7-16(23-5)20(14)17/h6-11,13,22H,1-5H3. The Morgan fingerprint density at radius 2 is 1.92 bits per heavy atom. The van der Waals surface area contributed by atoms with Crippen molar-refractivity contribution in [2.24, 2.45) is 0 Å². The van der Waals surface area contributed by atoms with Crippen molar-refractivity contribution in [2.75, 3.05) is 12.4 Å². The molecule has 0 bridgehead atoms. The number of rotatable bonds is 1. The van der Waals surface area contributed by atoms with Crippen LogP contribution in [0.3, 0.4) is 0 Å². The van der Waals surface area contributed by atoms with E-state index in [1.165, 1.54) is 28.0 Å². The Morgan fingerprint density at radius 3 is 2.67 bits per heavy atom. The first-order valence-corrected chi connectivity index (χ1v) is 8.40. The molecule has 0 amide bonds. The largest absolute Gasteiger partial charge is 0.496 e.